The fourth-order valence-electron chi connectivity index (χ4n) is 2.09. The summed E-state index contributed by atoms with van der Waals surface area (Å²) in [4.78, 5) is 11.9. The first-order valence-electron chi connectivity index (χ1n) is 7.61. The van der Waals surface area contributed by atoms with Gasteiger partial charge in [-0.2, -0.15) is 13.9 Å². The van der Waals surface area contributed by atoms with Crippen LogP contribution in [-0.2, 0) is 6.42 Å². The molecule has 2 N–H and O–H groups in total. The summed E-state index contributed by atoms with van der Waals surface area (Å²) in [5.41, 5.74) is 4.16. The number of hydrogen-bond donors (Lipinski definition) is 2. The number of hydrazone groups is 1. The molecule has 0 aromatic heterocycles. The second-order valence-corrected chi connectivity index (χ2v) is 5.33. The predicted molar refractivity (Wildman–Crippen MR) is 90.1 cm³/mol. The standard InChI is InChI=1S/C18H18F2N2O3/c1-12(21-22-17(24)15-4-2-3-5-16(15)23)6-7-13-8-10-14(11-9-13)25-18(19)20/h2-5,8-11,18,23H,6-7H2,1H3,(H,22,24)/b21-12-. The number of benzene rings is 2. The molecule has 132 valence electrons. The first-order chi connectivity index (χ1) is 12.0. The third kappa shape index (κ3) is 5.87. The van der Waals surface area contributed by atoms with E-state index in [1.807, 2.05) is 0 Å². The number of aryl methyl sites for hydroxylation is 1. The van der Waals surface area contributed by atoms with E-state index in [-0.39, 0.29) is 17.1 Å². The van der Waals surface area contributed by atoms with Crippen molar-refractivity contribution in [3.05, 3.63) is 59.7 Å². The summed E-state index contributed by atoms with van der Waals surface area (Å²) in [7, 11) is 0. The van der Waals surface area contributed by atoms with Crippen LogP contribution in [0.2, 0.25) is 0 Å². The van der Waals surface area contributed by atoms with Crippen LogP contribution >= 0.6 is 0 Å². The number of aromatic hydroxyl groups is 1. The van der Waals surface area contributed by atoms with Crippen molar-refractivity contribution >= 4 is 11.6 Å². The van der Waals surface area contributed by atoms with Crippen LogP contribution in [-0.4, -0.2) is 23.3 Å². The van der Waals surface area contributed by atoms with Gasteiger partial charge in [0, 0.05) is 5.71 Å². The molecule has 2 aromatic carbocycles. The molecule has 25 heavy (non-hydrogen) atoms. The van der Waals surface area contributed by atoms with E-state index in [9.17, 15) is 18.7 Å². The molecular formula is C18H18F2N2O3. The summed E-state index contributed by atoms with van der Waals surface area (Å²) in [6.07, 6.45) is 1.22. The maximum atomic E-state index is 12.1. The first kappa shape index (κ1) is 18.4. The van der Waals surface area contributed by atoms with Crippen LogP contribution in [0.3, 0.4) is 0 Å². The number of phenols is 1. The minimum atomic E-state index is -2.84. The number of nitrogens with zero attached hydrogens (tertiary/aromatic N) is 1. The number of para-hydroxylation sites is 1. The number of alkyl halides is 2. The van der Waals surface area contributed by atoms with E-state index in [1.165, 1.54) is 24.3 Å². The molecule has 7 heteroatoms. The lowest BCUT2D eigenvalue weighted by atomic mass is 10.1. The minimum Gasteiger partial charge on any atom is -0.507 e. The van der Waals surface area contributed by atoms with Crippen LogP contribution < -0.4 is 10.2 Å². The molecule has 0 fully saturated rings. The van der Waals surface area contributed by atoms with Gasteiger partial charge in [-0.3, -0.25) is 4.79 Å². The Morgan fingerprint density at radius 2 is 1.88 bits per heavy atom. The summed E-state index contributed by atoms with van der Waals surface area (Å²) < 4.78 is 28.5. The third-order valence-corrected chi connectivity index (χ3v) is 3.42. The second-order valence-electron chi connectivity index (χ2n) is 5.33. The minimum absolute atomic E-state index is 0.110. The van der Waals surface area contributed by atoms with E-state index >= 15 is 0 Å². The number of hydrogen-bond acceptors (Lipinski definition) is 4. The van der Waals surface area contributed by atoms with Crippen molar-refractivity contribution in [2.24, 2.45) is 5.10 Å². The summed E-state index contributed by atoms with van der Waals surface area (Å²) in [6.45, 7) is -1.08. The zero-order valence-electron chi connectivity index (χ0n) is 13.6. The lowest BCUT2D eigenvalue weighted by Gasteiger charge is -2.06. The van der Waals surface area contributed by atoms with Gasteiger partial charge in [0.25, 0.3) is 5.91 Å². The lowest BCUT2D eigenvalue weighted by Crippen LogP contribution is -2.19. The quantitative estimate of drug-likeness (QED) is 0.592. The number of carbonyl (C=O) groups excluding carboxylic acids is 1. The number of nitrogens with one attached hydrogen (secondary N) is 1. The van der Waals surface area contributed by atoms with E-state index in [2.05, 4.69) is 15.3 Å². The van der Waals surface area contributed by atoms with Gasteiger partial charge in [-0.25, -0.2) is 5.43 Å². The molecule has 2 aromatic rings. The van der Waals surface area contributed by atoms with Crippen LogP contribution in [0.25, 0.3) is 0 Å². The molecule has 0 unspecified atom stereocenters. The summed E-state index contributed by atoms with van der Waals surface area (Å²) in [5.74, 6) is -0.496. The highest BCUT2D eigenvalue weighted by Gasteiger charge is 2.09. The Balaban J connectivity index is 1.85. The Hall–Kier alpha value is -2.96. The zero-order chi connectivity index (χ0) is 18.2. The third-order valence-electron chi connectivity index (χ3n) is 3.42. The van der Waals surface area contributed by atoms with E-state index in [4.69, 9.17) is 0 Å². The normalized spacial score (nSPS) is 11.4. The van der Waals surface area contributed by atoms with Crippen LogP contribution in [0.5, 0.6) is 11.5 Å². The summed E-state index contributed by atoms with van der Waals surface area (Å²) in [5, 5.41) is 13.6. The summed E-state index contributed by atoms with van der Waals surface area (Å²) in [6, 6.07) is 12.6. The number of carbonyl (C=O) groups is 1. The van der Waals surface area contributed by atoms with Gasteiger partial charge in [0.1, 0.15) is 11.5 Å². The SMILES string of the molecule is C/C(CCc1ccc(OC(F)F)cc1)=N/NC(=O)c1ccccc1O. The van der Waals surface area contributed by atoms with Gasteiger partial charge < -0.3 is 9.84 Å². The average Bonchev–Trinajstić information content (AvgIpc) is 2.59. The Morgan fingerprint density at radius 3 is 2.52 bits per heavy atom. The van der Waals surface area contributed by atoms with Gasteiger partial charge in [0.15, 0.2) is 0 Å². The topological polar surface area (TPSA) is 70.9 Å². The fourth-order valence-corrected chi connectivity index (χ4v) is 2.09. The van der Waals surface area contributed by atoms with Crippen molar-refractivity contribution in [3.8, 4) is 11.5 Å². The van der Waals surface area contributed by atoms with E-state index < -0.39 is 12.5 Å². The number of ether oxygens (including phenoxy) is 1. The molecule has 0 aliphatic heterocycles. The van der Waals surface area contributed by atoms with Gasteiger partial charge in [0.2, 0.25) is 0 Å². The van der Waals surface area contributed by atoms with Gasteiger partial charge in [-0.15, -0.1) is 0 Å². The molecule has 0 radical (unpaired) electrons. The van der Waals surface area contributed by atoms with Gasteiger partial charge in [-0.05, 0) is 49.6 Å². The first-order valence-corrected chi connectivity index (χ1v) is 7.61. The molecule has 0 saturated heterocycles. The molecule has 5 nitrogen and oxygen atoms in total. The maximum absolute atomic E-state index is 12.1. The van der Waals surface area contributed by atoms with E-state index in [1.54, 1.807) is 31.2 Å². The van der Waals surface area contributed by atoms with Crippen molar-refractivity contribution in [2.45, 2.75) is 26.4 Å². The Bertz CT molecular complexity index is 746. The van der Waals surface area contributed by atoms with E-state index in [0.29, 0.717) is 18.6 Å². The Labute approximate surface area is 143 Å². The molecule has 0 aliphatic carbocycles. The molecule has 1 amide bonds. The number of halogens is 2. The lowest BCUT2D eigenvalue weighted by molar-refractivity contribution is -0.0498. The molecule has 0 aliphatic rings. The highest BCUT2D eigenvalue weighted by molar-refractivity contribution is 5.97. The zero-order valence-corrected chi connectivity index (χ0v) is 13.6. The van der Waals surface area contributed by atoms with Crippen LogP contribution in [0.4, 0.5) is 8.78 Å². The van der Waals surface area contributed by atoms with Crippen molar-refractivity contribution < 1.29 is 23.4 Å². The predicted octanol–water partition coefficient (Wildman–Crippen LogP) is 3.73. The van der Waals surface area contributed by atoms with Crippen molar-refractivity contribution in [3.63, 3.8) is 0 Å². The van der Waals surface area contributed by atoms with Crippen molar-refractivity contribution in [1.29, 1.82) is 0 Å². The maximum Gasteiger partial charge on any atom is 0.387 e. The number of amides is 1. The highest BCUT2D eigenvalue weighted by Crippen LogP contribution is 2.16. The highest BCUT2D eigenvalue weighted by atomic mass is 19.3. The molecular weight excluding hydrogens is 330 g/mol. The van der Waals surface area contributed by atoms with Gasteiger partial charge in [-0.1, -0.05) is 24.3 Å². The largest absolute Gasteiger partial charge is 0.507 e. The van der Waals surface area contributed by atoms with Crippen LogP contribution in [0.15, 0.2) is 53.6 Å². The molecule has 0 bridgehead atoms. The van der Waals surface area contributed by atoms with Crippen LogP contribution in [0.1, 0.15) is 29.3 Å². The Morgan fingerprint density at radius 1 is 1.20 bits per heavy atom. The Kier molecular flexibility index (Phi) is 6.45. The van der Waals surface area contributed by atoms with E-state index in [0.717, 1.165) is 5.56 Å². The van der Waals surface area contributed by atoms with Crippen molar-refractivity contribution in [2.75, 3.05) is 0 Å². The van der Waals surface area contributed by atoms with Crippen LogP contribution in [0, 0.1) is 0 Å². The molecule has 2 rings (SSSR count). The summed E-state index contributed by atoms with van der Waals surface area (Å²) >= 11 is 0. The average molecular weight is 348 g/mol. The number of rotatable bonds is 7. The number of phenolic OH excluding ortho intramolecular Hbond substituents is 1. The second kappa shape index (κ2) is 8.77. The molecule has 0 atom stereocenters. The smallest absolute Gasteiger partial charge is 0.387 e. The molecule has 0 saturated carbocycles. The van der Waals surface area contributed by atoms with Crippen molar-refractivity contribution in [1.82, 2.24) is 5.43 Å². The molecule has 0 heterocycles. The fraction of sp³-hybridized carbons (Fsp3) is 0.222. The monoisotopic (exact) mass is 348 g/mol. The van der Waals surface area contributed by atoms with Gasteiger partial charge in [0.05, 0.1) is 5.56 Å². The molecule has 0 spiro atoms. The van der Waals surface area contributed by atoms with Gasteiger partial charge >= 0.3 is 6.61 Å².